The van der Waals surface area contributed by atoms with E-state index in [2.05, 4.69) is 17.0 Å². The first-order chi connectivity index (χ1) is 9.75. The van der Waals surface area contributed by atoms with E-state index < -0.39 is 5.97 Å². The van der Waals surface area contributed by atoms with Crippen molar-refractivity contribution in [3.8, 4) is 0 Å². The van der Waals surface area contributed by atoms with Crippen LogP contribution in [0.1, 0.15) is 33.9 Å². The van der Waals surface area contributed by atoms with E-state index >= 15 is 0 Å². The summed E-state index contributed by atoms with van der Waals surface area (Å²) in [5.41, 5.74) is 2.62. The maximum absolute atomic E-state index is 11.2. The van der Waals surface area contributed by atoms with Crippen LogP contribution in [-0.2, 0) is 0 Å². The SMILES string of the molecule is O=C(O)c1cccc(C(c2ccccc2)N2CCC2)c1. The van der Waals surface area contributed by atoms with Crippen molar-refractivity contribution in [2.45, 2.75) is 12.5 Å². The van der Waals surface area contributed by atoms with Gasteiger partial charge in [-0.1, -0.05) is 42.5 Å². The van der Waals surface area contributed by atoms with Crippen LogP contribution in [-0.4, -0.2) is 29.1 Å². The molecule has 3 nitrogen and oxygen atoms in total. The van der Waals surface area contributed by atoms with Crippen molar-refractivity contribution in [1.29, 1.82) is 0 Å². The van der Waals surface area contributed by atoms with Gasteiger partial charge in [0.25, 0.3) is 0 Å². The number of benzene rings is 2. The first kappa shape index (κ1) is 12.9. The molecule has 3 heteroatoms. The van der Waals surface area contributed by atoms with Gasteiger partial charge < -0.3 is 5.11 Å². The zero-order valence-corrected chi connectivity index (χ0v) is 11.2. The zero-order valence-electron chi connectivity index (χ0n) is 11.2. The summed E-state index contributed by atoms with van der Waals surface area (Å²) < 4.78 is 0. The van der Waals surface area contributed by atoms with Crippen molar-refractivity contribution in [3.63, 3.8) is 0 Å². The predicted octanol–water partition coefficient (Wildman–Crippen LogP) is 3.18. The molecule has 102 valence electrons. The largest absolute Gasteiger partial charge is 0.478 e. The molecule has 1 aliphatic rings. The van der Waals surface area contributed by atoms with Crippen LogP contribution in [0, 0.1) is 0 Å². The minimum absolute atomic E-state index is 0.157. The van der Waals surface area contributed by atoms with Gasteiger partial charge in [-0.3, -0.25) is 4.90 Å². The van der Waals surface area contributed by atoms with E-state index in [9.17, 15) is 4.79 Å². The lowest BCUT2D eigenvalue weighted by atomic mass is 9.93. The number of aromatic carboxylic acids is 1. The Bertz CT molecular complexity index is 605. The average molecular weight is 267 g/mol. The third-order valence-corrected chi connectivity index (χ3v) is 3.82. The third kappa shape index (κ3) is 2.45. The van der Waals surface area contributed by atoms with Crippen LogP contribution in [0.4, 0.5) is 0 Å². The van der Waals surface area contributed by atoms with Crippen LogP contribution in [0.3, 0.4) is 0 Å². The van der Waals surface area contributed by atoms with E-state index in [-0.39, 0.29) is 6.04 Å². The van der Waals surface area contributed by atoms with Crippen LogP contribution in [0.15, 0.2) is 54.6 Å². The molecular formula is C17H17NO2. The van der Waals surface area contributed by atoms with Crippen molar-refractivity contribution in [2.24, 2.45) is 0 Å². The van der Waals surface area contributed by atoms with Gasteiger partial charge in [0.2, 0.25) is 0 Å². The molecule has 1 atom stereocenters. The van der Waals surface area contributed by atoms with Gasteiger partial charge in [-0.2, -0.15) is 0 Å². The highest BCUT2D eigenvalue weighted by Gasteiger charge is 2.27. The molecular weight excluding hydrogens is 250 g/mol. The fraction of sp³-hybridized carbons (Fsp3) is 0.235. The highest BCUT2D eigenvalue weighted by Crippen LogP contribution is 2.32. The second-order valence-electron chi connectivity index (χ2n) is 5.13. The Morgan fingerprint density at radius 3 is 2.30 bits per heavy atom. The van der Waals surface area contributed by atoms with Crippen molar-refractivity contribution in [3.05, 3.63) is 71.3 Å². The van der Waals surface area contributed by atoms with E-state index in [0.717, 1.165) is 18.7 Å². The van der Waals surface area contributed by atoms with Crippen molar-refractivity contribution >= 4 is 5.97 Å². The number of hydrogen-bond acceptors (Lipinski definition) is 2. The standard InChI is InChI=1S/C17H17NO2/c19-17(20)15-9-4-8-14(12-15)16(18-10-5-11-18)13-6-2-1-3-7-13/h1-4,6-9,12,16H,5,10-11H2,(H,19,20). The molecule has 3 rings (SSSR count). The average Bonchev–Trinajstić information content (AvgIpc) is 2.43. The molecule has 1 saturated heterocycles. The van der Waals surface area contributed by atoms with Gasteiger partial charge in [0, 0.05) is 13.1 Å². The number of hydrogen-bond donors (Lipinski definition) is 1. The molecule has 1 fully saturated rings. The number of rotatable bonds is 4. The molecule has 1 unspecified atom stereocenters. The molecule has 0 bridgehead atoms. The predicted molar refractivity (Wildman–Crippen MR) is 77.9 cm³/mol. The monoisotopic (exact) mass is 267 g/mol. The van der Waals surface area contributed by atoms with E-state index in [1.165, 1.54) is 12.0 Å². The number of carbonyl (C=O) groups is 1. The van der Waals surface area contributed by atoms with Crippen LogP contribution in [0.2, 0.25) is 0 Å². The fourth-order valence-electron chi connectivity index (χ4n) is 2.69. The van der Waals surface area contributed by atoms with Gasteiger partial charge in [0.15, 0.2) is 0 Å². The zero-order chi connectivity index (χ0) is 13.9. The van der Waals surface area contributed by atoms with Gasteiger partial charge in [-0.05, 0) is 29.7 Å². The topological polar surface area (TPSA) is 40.5 Å². The summed E-state index contributed by atoms with van der Waals surface area (Å²) in [6.07, 6.45) is 1.21. The van der Waals surface area contributed by atoms with E-state index in [1.807, 2.05) is 30.3 Å². The Morgan fingerprint density at radius 2 is 1.70 bits per heavy atom. The van der Waals surface area contributed by atoms with Gasteiger partial charge in [0.1, 0.15) is 0 Å². The summed E-state index contributed by atoms with van der Waals surface area (Å²) in [6.45, 7) is 2.13. The van der Waals surface area contributed by atoms with Crippen molar-refractivity contribution in [1.82, 2.24) is 4.90 Å². The van der Waals surface area contributed by atoms with Gasteiger partial charge in [0.05, 0.1) is 11.6 Å². The summed E-state index contributed by atoms with van der Waals surface area (Å²) in [4.78, 5) is 13.5. The lowest BCUT2D eigenvalue weighted by Crippen LogP contribution is -2.40. The second kappa shape index (κ2) is 5.47. The molecule has 0 aliphatic carbocycles. The Balaban J connectivity index is 2.01. The molecule has 2 aromatic rings. The van der Waals surface area contributed by atoms with Crippen LogP contribution < -0.4 is 0 Å². The summed E-state index contributed by atoms with van der Waals surface area (Å²) in [5.74, 6) is -0.873. The van der Waals surface area contributed by atoms with Crippen LogP contribution in [0.25, 0.3) is 0 Å². The number of carboxylic acid groups (broad SMARTS) is 1. The summed E-state index contributed by atoms with van der Waals surface area (Å²) >= 11 is 0. The molecule has 0 amide bonds. The Morgan fingerprint density at radius 1 is 1.00 bits per heavy atom. The highest BCUT2D eigenvalue weighted by atomic mass is 16.4. The maximum Gasteiger partial charge on any atom is 0.335 e. The number of carboxylic acids is 1. The van der Waals surface area contributed by atoms with Crippen molar-refractivity contribution in [2.75, 3.05) is 13.1 Å². The van der Waals surface area contributed by atoms with Gasteiger partial charge in [-0.25, -0.2) is 4.79 Å². The summed E-state index contributed by atoms with van der Waals surface area (Å²) in [6, 6.07) is 17.7. The smallest absolute Gasteiger partial charge is 0.335 e. The Kier molecular flexibility index (Phi) is 3.52. The molecule has 0 saturated carbocycles. The maximum atomic E-state index is 11.2. The van der Waals surface area contributed by atoms with Gasteiger partial charge in [-0.15, -0.1) is 0 Å². The lowest BCUT2D eigenvalue weighted by molar-refractivity contribution is 0.0696. The molecule has 20 heavy (non-hydrogen) atoms. The first-order valence-electron chi connectivity index (χ1n) is 6.88. The fourth-order valence-corrected chi connectivity index (χ4v) is 2.69. The Labute approximate surface area is 118 Å². The molecule has 1 aliphatic heterocycles. The molecule has 0 aromatic heterocycles. The summed E-state index contributed by atoms with van der Waals surface area (Å²) in [5, 5.41) is 9.16. The highest BCUT2D eigenvalue weighted by molar-refractivity contribution is 5.87. The molecule has 1 N–H and O–H groups in total. The minimum atomic E-state index is -0.873. The Hall–Kier alpha value is -2.13. The van der Waals surface area contributed by atoms with E-state index in [4.69, 9.17) is 5.11 Å². The number of likely N-dealkylation sites (tertiary alicyclic amines) is 1. The molecule has 1 heterocycles. The van der Waals surface area contributed by atoms with Crippen LogP contribution in [0.5, 0.6) is 0 Å². The lowest BCUT2D eigenvalue weighted by Gasteiger charge is -2.39. The minimum Gasteiger partial charge on any atom is -0.478 e. The van der Waals surface area contributed by atoms with Gasteiger partial charge >= 0.3 is 5.97 Å². The first-order valence-corrected chi connectivity index (χ1v) is 6.88. The second-order valence-corrected chi connectivity index (χ2v) is 5.13. The van der Waals surface area contributed by atoms with Crippen LogP contribution >= 0.6 is 0 Å². The molecule has 0 radical (unpaired) electrons. The quantitative estimate of drug-likeness (QED) is 0.925. The summed E-state index contributed by atoms with van der Waals surface area (Å²) in [7, 11) is 0. The van der Waals surface area contributed by atoms with Crippen molar-refractivity contribution < 1.29 is 9.90 Å². The van der Waals surface area contributed by atoms with E-state index in [1.54, 1.807) is 12.1 Å². The molecule has 0 spiro atoms. The van der Waals surface area contributed by atoms with E-state index in [0.29, 0.717) is 5.56 Å². The normalized spacial score (nSPS) is 16.4. The molecule has 2 aromatic carbocycles. The number of nitrogens with zero attached hydrogens (tertiary/aromatic N) is 1. The third-order valence-electron chi connectivity index (χ3n) is 3.82.